The number of benzene rings is 1. The van der Waals surface area contributed by atoms with Crippen LogP contribution in [0.15, 0.2) is 40.4 Å². The van der Waals surface area contributed by atoms with Crippen LogP contribution in [-0.4, -0.2) is 217 Å². The number of rotatable bonds is 21. The Morgan fingerprint density at radius 1 is 0.824 bits per heavy atom. The Hall–Kier alpha value is -4.00. The fourth-order valence-electron chi connectivity index (χ4n) is 13.6. The number of esters is 2. The molecule has 5 fully saturated rings. The van der Waals surface area contributed by atoms with E-state index in [0.29, 0.717) is 26.2 Å². The van der Waals surface area contributed by atoms with Crippen molar-refractivity contribution in [3.8, 4) is 0 Å². The van der Waals surface area contributed by atoms with Crippen molar-refractivity contribution in [2.24, 2.45) is 46.6 Å². The third-order valence-corrected chi connectivity index (χ3v) is 19.9. The van der Waals surface area contributed by atoms with Crippen molar-refractivity contribution in [1.82, 2.24) is 14.9 Å². The molecule has 91 heavy (non-hydrogen) atoms. The van der Waals surface area contributed by atoms with Crippen LogP contribution in [0.2, 0.25) is 0 Å². The lowest BCUT2D eigenvalue weighted by molar-refractivity contribution is -0.305. The van der Waals surface area contributed by atoms with Crippen molar-refractivity contribution in [2.45, 2.75) is 257 Å². The predicted octanol–water partition coefficient (Wildman–Crippen LogP) is 6.31. The molecule has 22 atom stereocenters. The van der Waals surface area contributed by atoms with Crippen LogP contribution < -0.4 is 10.0 Å². The molecule has 4 N–H and O–H groups in total. The van der Waals surface area contributed by atoms with Crippen LogP contribution in [0, 0.1) is 41.4 Å². The van der Waals surface area contributed by atoms with Crippen LogP contribution in [0.4, 0.5) is 4.79 Å². The van der Waals surface area contributed by atoms with Gasteiger partial charge in [-0.2, -0.15) is 0 Å². The van der Waals surface area contributed by atoms with Crippen LogP contribution in [0.5, 0.6) is 0 Å². The fourth-order valence-corrected chi connectivity index (χ4v) is 14.9. The van der Waals surface area contributed by atoms with Crippen molar-refractivity contribution >= 4 is 39.6 Å². The van der Waals surface area contributed by atoms with E-state index in [0.717, 1.165) is 12.8 Å². The van der Waals surface area contributed by atoms with Crippen LogP contribution in [0.25, 0.3) is 0 Å². The second kappa shape index (κ2) is 33.6. The highest BCUT2D eigenvalue weighted by atomic mass is 32.2. The first-order valence-electron chi connectivity index (χ1n) is 32.5. The summed E-state index contributed by atoms with van der Waals surface area (Å²) in [7, 11) is 0.208. The molecule has 5 heterocycles. The quantitative estimate of drug-likeness (QED) is 0.0595. The van der Waals surface area contributed by atoms with Gasteiger partial charge in [0.1, 0.15) is 43.7 Å². The summed E-state index contributed by atoms with van der Waals surface area (Å²) < 4.78 is 106. The van der Waals surface area contributed by atoms with E-state index >= 15 is 9.59 Å². The predicted molar refractivity (Wildman–Crippen MR) is 334 cm³/mol. The minimum Gasteiger partial charge on any atom is -0.461 e. The average Bonchev–Trinajstić information content (AvgIpc) is 0.969. The molecule has 0 saturated carbocycles. The monoisotopic (exact) mass is 1310 g/mol. The molecular formula is C65H108N4O21S. The number of amides is 1. The highest BCUT2D eigenvalue weighted by molar-refractivity contribution is 7.89. The number of aliphatic hydroxyl groups excluding tert-OH is 2. The second-order valence-corrected chi connectivity index (χ2v) is 29.2. The smallest absolute Gasteiger partial charge is 0.408 e. The van der Waals surface area contributed by atoms with Gasteiger partial charge in [0.25, 0.3) is 0 Å². The molecule has 1 aromatic carbocycles. The van der Waals surface area contributed by atoms with Crippen molar-refractivity contribution in [2.75, 3.05) is 54.2 Å². The minimum atomic E-state index is -4.04. The number of carbonyl (C=O) groups excluding carboxylic acids is 4. The number of oxime groups is 1. The van der Waals surface area contributed by atoms with E-state index in [1.165, 1.54) is 40.4 Å². The van der Waals surface area contributed by atoms with Gasteiger partial charge in [-0.05, 0) is 98.6 Å². The number of methoxy groups -OCH3 is 2. The molecule has 26 heteroatoms. The van der Waals surface area contributed by atoms with E-state index < -0.39 is 160 Å². The third-order valence-electron chi connectivity index (χ3n) is 18.5. The van der Waals surface area contributed by atoms with Crippen LogP contribution in [0.3, 0.4) is 0 Å². The number of nitrogens with one attached hydrogen (secondary N) is 2. The zero-order valence-electron chi connectivity index (χ0n) is 56.9. The zero-order chi connectivity index (χ0) is 67.4. The number of hydrogen-bond donors (Lipinski definition) is 4. The first-order valence-corrected chi connectivity index (χ1v) is 34.0. The van der Waals surface area contributed by atoms with Crippen molar-refractivity contribution in [3.63, 3.8) is 0 Å². The largest absolute Gasteiger partial charge is 0.461 e. The maximum absolute atomic E-state index is 16.1. The number of nitrogens with zero attached hydrogens (tertiary/aromatic N) is 2. The standard InChI is InChI=1S/C65H108N4O21S/c1-35(2)28-49(70)86-55-42(9)54(37(4)33-82-62-58(79-17)57(78-16)51(71)45(12)85-62)88-60(74)44(11)56(87-50-29-38(5)69(32-40(7)83-50)46-24-26-81-27-25-46)41(8)53(89-61-52(72)48(68-80-18)30-39(6)84-61)36(3)31-65(15,59(73)43(55)10)90-63(75)67-64(13,14)34-66-91(76,77)47-22-20-19-21-23-47/h19-23,35-46,50-58,61-62,66,71-72H,24-34H2,1-18H3,(H,67,75)/t36-,37-,38?,39+,40-,41+,42-,43+,44+,45+,50-,51+,52+,53-,54+,55+,56-,57+,58+,61-,62+,65-/m0/s1. The van der Waals surface area contributed by atoms with Gasteiger partial charge in [0.15, 0.2) is 30.3 Å². The molecule has 5 aliphatic heterocycles. The van der Waals surface area contributed by atoms with Crippen LogP contribution in [-0.2, 0) is 86.1 Å². The summed E-state index contributed by atoms with van der Waals surface area (Å²) in [5.74, 6) is -8.16. The summed E-state index contributed by atoms with van der Waals surface area (Å²) in [5.41, 5.74) is -3.20. The Morgan fingerprint density at radius 3 is 2.11 bits per heavy atom. The lowest BCUT2D eigenvalue weighted by atomic mass is 9.74. The molecule has 25 nitrogen and oxygen atoms in total. The summed E-state index contributed by atoms with van der Waals surface area (Å²) in [5, 5.41) is 29.9. The molecule has 520 valence electrons. The summed E-state index contributed by atoms with van der Waals surface area (Å²) in [4.78, 5) is 68.4. The SMILES string of the molecule is CON=C1C[C@@H](C)O[C@@H](O[C@@H]2[C@@H](C)[C@H](O[C@H]3CC(C)N(C4CCOCC4)C[C@H](C)O3)[C@@H](C)C(=O)O[C@H]([C@@H](C)CO[C@@H]3O[C@H](C)[C@@H](O)[C@@H](OC)[C@H]3OC)[C@H](C)[C@@H](OC(=O)CC(C)C)[C@@H](C)C(=O)[C@@](C)(OC(=O)NC(C)(C)CNS(=O)(=O)c3ccccc3)C[C@@H]2C)[C@@H]1O. The number of Topliss-reactive ketones (excluding diaryl/α,β-unsaturated/α-hetero) is 1. The Morgan fingerprint density at radius 2 is 1.48 bits per heavy atom. The highest BCUT2D eigenvalue weighted by Gasteiger charge is 2.53. The molecule has 0 aliphatic carbocycles. The number of ketones is 1. The fraction of sp³-hybridized carbons (Fsp3) is 0.831. The number of hydrogen-bond acceptors (Lipinski definition) is 23. The van der Waals surface area contributed by atoms with Crippen LogP contribution in [0.1, 0.15) is 142 Å². The van der Waals surface area contributed by atoms with Crippen molar-refractivity contribution in [1.29, 1.82) is 0 Å². The molecule has 5 aliphatic rings. The van der Waals surface area contributed by atoms with Crippen LogP contribution >= 0.6 is 0 Å². The maximum Gasteiger partial charge on any atom is 0.408 e. The van der Waals surface area contributed by atoms with E-state index in [-0.39, 0.29) is 67.1 Å². The normalized spacial score (nSPS) is 37.4. The molecule has 6 rings (SSSR count). The molecule has 0 spiro atoms. The lowest BCUT2D eigenvalue weighted by Gasteiger charge is -2.45. The average molecular weight is 1310 g/mol. The van der Waals surface area contributed by atoms with Gasteiger partial charge < -0.3 is 77.2 Å². The van der Waals surface area contributed by atoms with E-state index in [4.69, 9.17) is 61.7 Å². The molecule has 0 bridgehead atoms. The molecule has 1 amide bonds. The number of alkyl carbamates (subject to hydrolysis) is 1. The maximum atomic E-state index is 16.1. The molecule has 1 aromatic rings. The van der Waals surface area contributed by atoms with Gasteiger partial charge >= 0.3 is 18.0 Å². The van der Waals surface area contributed by atoms with Gasteiger partial charge in [-0.15, -0.1) is 0 Å². The third kappa shape index (κ3) is 20.0. The number of carbonyl (C=O) groups is 4. The van der Waals surface area contributed by atoms with E-state index in [1.54, 1.807) is 80.5 Å². The lowest BCUT2D eigenvalue weighted by Crippen LogP contribution is -2.59. The zero-order valence-corrected chi connectivity index (χ0v) is 57.7. The Labute approximate surface area is 539 Å². The van der Waals surface area contributed by atoms with Gasteiger partial charge in [-0.25, -0.2) is 17.9 Å². The number of cyclic esters (lactones) is 1. The Balaban J connectivity index is 1.51. The minimum absolute atomic E-state index is 0.0125. The summed E-state index contributed by atoms with van der Waals surface area (Å²) in [6, 6.07) is 7.94. The molecule has 5 saturated heterocycles. The number of sulfonamides is 1. The van der Waals surface area contributed by atoms with Gasteiger partial charge in [-0.1, -0.05) is 71.8 Å². The topological polar surface area (TPSA) is 303 Å². The van der Waals surface area contributed by atoms with E-state index in [9.17, 15) is 28.2 Å². The number of ether oxygens (including phenoxy) is 12. The first-order chi connectivity index (χ1) is 42.7. The summed E-state index contributed by atoms with van der Waals surface area (Å²) in [6.07, 6.45) is -13.1. The van der Waals surface area contributed by atoms with Crippen molar-refractivity contribution in [3.05, 3.63) is 30.3 Å². The van der Waals surface area contributed by atoms with Gasteiger partial charge in [-0.3, -0.25) is 19.3 Å². The molecular weight excluding hydrogens is 1200 g/mol. The van der Waals surface area contributed by atoms with Crippen molar-refractivity contribution < 1.29 is 99.5 Å². The van der Waals surface area contributed by atoms with Gasteiger partial charge in [0.05, 0.1) is 65.1 Å². The second-order valence-electron chi connectivity index (χ2n) is 27.4. The molecule has 0 aromatic heterocycles. The van der Waals surface area contributed by atoms with Gasteiger partial charge in [0, 0.05) is 89.6 Å². The Kier molecular flexibility index (Phi) is 28.1. The highest BCUT2D eigenvalue weighted by Crippen LogP contribution is 2.41. The summed E-state index contributed by atoms with van der Waals surface area (Å²) in [6.45, 7) is 27.7. The number of aliphatic hydroxyl groups is 2. The van der Waals surface area contributed by atoms with Gasteiger partial charge in [0.2, 0.25) is 10.0 Å². The first kappa shape index (κ1) is 76.0. The van der Waals surface area contributed by atoms with E-state index in [2.05, 4.69) is 27.0 Å². The van der Waals surface area contributed by atoms with E-state index in [1.807, 2.05) is 27.7 Å². The summed E-state index contributed by atoms with van der Waals surface area (Å²) >= 11 is 0. The molecule has 1 unspecified atom stereocenters. The Bertz CT molecular complexity index is 2630. The molecule has 0 radical (unpaired) electrons.